The summed E-state index contributed by atoms with van der Waals surface area (Å²) >= 11 is 3.45. The summed E-state index contributed by atoms with van der Waals surface area (Å²) in [6, 6.07) is 14.7. The second-order valence-corrected chi connectivity index (χ2v) is 7.16. The second kappa shape index (κ2) is 11.3. The third kappa shape index (κ3) is 5.74. The van der Waals surface area contributed by atoms with Gasteiger partial charge in [0.15, 0.2) is 12.6 Å². The van der Waals surface area contributed by atoms with Crippen molar-refractivity contribution < 1.29 is 33.3 Å². The molecule has 2 saturated heterocycles. The predicted octanol–water partition coefficient (Wildman–Crippen LogP) is 3.97. The van der Waals surface area contributed by atoms with Crippen molar-refractivity contribution in [1.82, 2.24) is 0 Å². The Morgan fingerprint density at radius 3 is 1.93 bits per heavy atom. The molecular formula is C22H23BrO7. The van der Waals surface area contributed by atoms with Gasteiger partial charge in [0.1, 0.15) is 0 Å². The normalized spacial score (nSPS) is 16.7. The fourth-order valence-electron chi connectivity index (χ4n) is 2.96. The molecule has 2 fully saturated rings. The van der Waals surface area contributed by atoms with Gasteiger partial charge in [0.25, 0.3) is 5.78 Å². The van der Waals surface area contributed by atoms with Crippen LogP contribution in [-0.2, 0) is 28.5 Å². The largest absolute Gasteiger partial charge is 0.460 e. The number of halogens is 1. The van der Waals surface area contributed by atoms with Gasteiger partial charge in [-0.25, -0.2) is 4.79 Å². The van der Waals surface area contributed by atoms with Crippen LogP contribution in [0.5, 0.6) is 0 Å². The quantitative estimate of drug-likeness (QED) is 0.365. The molecule has 2 aliphatic rings. The Hall–Kier alpha value is -2.10. The first-order valence-electron chi connectivity index (χ1n) is 9.63. The van der Waals surface area contributed by atoms with Crippen molar-refractivity contribution in [3.05, 3.63) is 69.7 Å². The van der Waals surface area contributed by atoms with Crippen LogP contribution in [0.25, 0.3) is 0 Å². The number of rotatable bonds is 5. The maximum Gasteiger partial charge on any atom is 0.379 e. The zero-order chi connectivity index (χ0) is 21.3. The van der Waals surface area contributed by atoms with Crippen molar-refractivity contribution >= 4 is 27.7 Å². The number of carbonyl (C=O) groups is 2. The maximum atomic E-state index is 11.9. The van der Waals surface area contributed by atoms with Gasteiger partial charge in [-0.15, -0.1) is 0 Å². The molecule has 0 aliphatic carbocycles. The van der Waals surface area contributed by atoms with E-state index in [0.717, 1.165) is 10.0 Å². The fourth-order valence-corrected chi connectivity index (χ4v) is 3.43. The minimum atomic E-state index is -0.858. The molecule has 2 aromatic rings. The van der Waals surface area contributed by atoms with E-state index in [1.165, 1.54) is 0 Å². The van der Waals surface area contributed by atoms with Crippen molar-refractivity contribution in [3.63, 3.8) is 0 Å². The van der Waals surface area contributed by atoms with E-state index in [1.54, 1.807) is 31.2 Å². The molecule has 30 heavy (non-hydrogen) atoms. The minimum Gasteiger partial charge on any atom is -0.460 e. The second-order valence-electron chi connectivity index (χ2n) is 6.31. The van der Waals surface area contributed by atoms with Gasteiger partial charge in [-0.05, 0) is 13.0 Å². The van der Waals surface area contributed by atoms with Gasteiger partial charge in [0.05, 0.1) is 33.0 Å². The highest BCUT2D eigenvalue weighted by Crippen LogP contribution is 2.29. The van der Waals surface area contributed by atoms with E-state index >= 15 is 0 Å². The molecule has 2 aromatic carbocycles. The van der Waals surface area contributed by atoms with E-state index < -0.39 is 18.0 Å². The van der Waals surface area contributed by atoms with Crippen LogP contribution in [0.4, 0.5) is 0 Å². The number of benzene rings is 2. The first-order valence-corrected chi connectivity index (χ1v) is 10.4. The number of esters is 1. The van der Waals surface area contributed by atoms with Crippen LogP contribution in [0.3, 0.4) is 0 Å². The molecule has 0 unspecified atom stereocenters. The zero-order valence-corrected chi connectivity index (χ0v) is 18.1. The molecule has 0 aromatic heterocycles. The summed E-state index contributed by atoms with van der Waals surface area (Å²) in [5, 5.41) is 0. The average Bonchev–Trinajstić information content (AvgIpc) is 3.49. The molecule has 0 bridgehead atoms. The number of hydrogen-bond donors (Lipinski definition) is 0. The predicted molar refractivity (Wildman–Crippen MR) is 111 cm³/mol. The Balaban J connectivity index is 0.000000184. The van der Waals surface area contributed by atoms with E-state index in [4.69, 9.17) is 23.7 Å². The van der Waals surface area contributed by atoms with Crippen molar-refractivity contribution in [2.75, 3.05) is 33.0 Å². The Morgan fingerprint density at radius 1 is 0.867 bits per heavy atom. The number of ketones is 1. The Kier molecular flexibility index (Phi) is 8.53. The summed E-state index contributed by atoms with van der Waals surface area (Å²) in [5.74, 6) is -1.53. The smallest absolute Gasteiger partial charge is 0.379 e. The molecule has 0 atom stereocenters. The molecule has 4 rings (SSSR count). The summed E-state index contributed by atoms with van der Waals surface area (Å²) in [7, 11) is 0. The van der Waals surface area contributed by atoms with Crippen LogP contribution in [0.1, 0.15) is 41.0 Å². The van der Waals surface area contributed by atoms with E-state index in [-0.39, 0.29) is 18.5 Å². The lowest BCUT2D eigenvalue weighted by molar-refractivity contribution is -0.137. The number of Topliss-reactive ketones (excluding diaryl/α,β-unsaturated/α-hetero) is 1. The molecule has 0 spiro atoms. The Morgan fingerprint density at radius 2 is 1.37 bits per heavy atom. The molecule has 2 heterocycles. The summed E-state index contributed by atoms with van der Waals surface area (Å²) in [6.45, 7) is 4.15. The van der Waals surface area contributed by atoms with Crippen molar-refractivity contribution in [1.29, 1.82) is 0 Å². The monoisotopic (exact) mass is 478 g/mol. The van der Waals surface area contributed by atoms with Crippen LogP contribution < -0.4 is 0 Å². The summed E-state index contributed by atoms with van der Waals surface area (Å²) in [5.41, 5.74) is 1.89. The van der Waals surface area contributed by atoms with E-state index in [9.17, 15) is 9.59 Å². The minimum absolute atomic E-state index is 0.170. The lowest BCUT2D eigenvalue weighted by Crippen LogP contribution is -2.20. The number of hydrogen-bond acceptors (Lipinski definition) is 7. The van der Waals surface area contributed by atoms with Gasteiger partial charge in [0, 0.05) is 21.2 Å². The fraction of sp³-hybridized carbons (Fsp3) is 0.364. The van der Waals surface area contributed by atoms with Gasteiger partial charge >= 0.3 is 5.97 Å². The van der Waals surface area contributed by atoms with E-state index in [1.807, 2.05) is 24.3 Å². The lowest BCUT2D eigenvalue weighted by Gasteiger charge is -2.13. The molecule has 0 radical (unpaired) electrons. The molecular weight excluding hydrogens is 456 g/mol. The van der Waals surface area contributed by atoms with Crippen molar-refractivity contribution in [3.8, 4) is 0 Å². The highest BCUT2D eigenvalue weighted by molar-refractivity contribution is 9.10. The topological polar surface area (TPSA) is 80.3 Å². The van der Waals surface area contributed by atoms with Crippen molar-refractivity contribution in [2.45, 2.75) is 19.5 Å². The molecule has 0 saturated carbocycles. The highest BCUT2D eigenvalue weighted by Gasteiger charge is 2.27. The standard InChI is InChI=1S/C13H14O5.C9H9BrO2/c1-2-16-12(15)11(14)9-5-3-4-6-10(9)13-17-7-8-18-13;10-8-4-2-1-3-7(8)9-11-5-6-12-9/h3-6,13H,2,7-8H2,1H3;1-4,9H,5-6H2. The third-order valence-electron chi connectivity index (χ3n) is 4.32. The number of ether oxygens (including phenoxy) is 5. The number of carbonyl (C=O) groups excluding carboxylic acids is 2. The van der Waals surface area contributed by atoms with Crippen LogP contribution in [-0.4, -0.2) is 44.8 Å². The third-order valence-corrected chi connectivity index (χ3v) is 5.05. The van der Waals surface area contributed by atoms with E-state index in [0.29, 0.717) is 32.0 Å². The molecule has 2 aliphatic heterocycles. The SMILES string of the molecule is Brc1ccccc1C1OCCO1.CCOC(=O)C(=O)c1ccccc1C1OCCO1. The molecule has 160 valence electrons. The molecule has 0 amide bonds. The first-order chi connectivity index (χ1) is 14.6. The summed E-state index contributed by atoms with van der Waals surface area (Å²) in [4.78, 5) is 23.4. The maximum absolute atomic E-state index is 11.9. The van der Waals surface area contributed by atoms with E-state index in [2.05, 4.69) is 15.9 Å². The molecule has 7 nitrogen and oxygen atoms in total. The summed E-state index contributed by atoms with van der Waals surface area (Å²) < 4.78 is 27.2. The van der Waals surface area contributed by atoms with Crippen molar-refractivity contribution in [2.24, 2.45) is 0 Å². The Labute approximate surface area is 183 Å². The average molecular weight is 479 g/mol. The zero-order valence-electron chi connectivity index (χ0n) is 16.5. The van der Waals surface area contributed by atoms with Gasteiger partial charge in [0.2, 0.25) is 0 Å². The van der Waals surface area contributed by atoms with Crippen LogP contribution in [0.15, 0.2) is 53.0 Å². The van der Waals surface area contributed by atoms with Gasteiger partial charge < -0.3 is 23.7 Å². The lowest BCUT2D eigenvalue weighted by atomic mass is 10.0. The summed E-state index contributed by atoms with van der Waals surface area (Å²) in [6.07, 6.45) is -0.764. The highest BCUT2D eigenvalue weighted by atomic mass is 79.9. The van der Waals surface area contributed by atoms with Crippen LogP contribution in [0.2, 0.25) is 0 Å². The van der Waals surface area contributed by atoms with Crippen LogP contribution >= 0.6 is 15.9 Å². The van der Waals surface area contributed by atoms with Gasteiger partial charge in [-0.3, -0.25) is 4.79 Å². The molecule has 0 N–H and O–H groups in total. The first kappa shape index (κ1) is 22.6. The van der Waals surface area contributed by atoms with Gasteiger partial charge in [-0.1, -0.05) is 58.4 Å². The molecule has 8 heteroatoms. The Bertz CT molecular complexity index is 858. The van der Waals surface area contributed by atoms with Crippen LogP contribution in [0, 0.1) is 0 Å². The van der Waals surface area contributed by atoms with Gasteiger partial charge in [-0.2, -0.15) is 0 Å².